The number of unbranched alkanes of at least 4 members (excludes halogenated alkanes) is 1. The quantitative estimate of drug-likeness (QED) is 0.309. The molecular formula is C21H36IN5O. The van der Waals surface area contributed by atoms with Crippen molar-refractivity contribution in [3.63, 3.8) is 0 Å². The number of ether oxygens (including phenoxy) is 1. The highest BCUT2D eigenvalue weighted by molar-refractivity contribution is 14.0. The van der Waals surface area contributed by atoms with E-state index in [2.05, 4.69) is 32.4 Å². The lowest BCUT2D eigenvalue weighted by molar-refractivity contribution is 0.203. The van der Waals surface area contributed by atoms with Crippen LogP contribution in [-0.4, -0.2) is 55.2 Å². The fourth-order valence-electron chi connectivity index (χ4n) is 3.38. The van der Waals surface area contributed by atoms with E-state index in [4.69, 9.17) is 4.74 Å². The van der Waals surface area contributed by atoms with Gasteiger partial charge in [0.15, 0.2) is 5.96 Å². The average molecular weight is 501 g/mol. The molecule has 1 saturated heterocycles. The van der Waals surface area contributed by atoms with Crippen LogP contribution in [0.4, 0.5) is 0 Å². The number of likely N-dealkylation sites (tertiary alicyclic amines) is 1. The van der Waals surface area contributed by atoms with Gasteiger partial charge in [-0.3, -0.25) is 4.99 Å². The van der Waals surface area contributed by atoms with Gasteiger partial charge in [0.2, 0.25) is 5.88 Å². The number of pyridine rings is 1. The van der Waals surface area contributed by atoms with Gasteiger partial charge in [0, 0.05) is 45.0 Å². The molecule has 2 heterocycles. The number of hydrogen-bond acceptors (Lipinski definition) is 4. The molecule has 2 fully saturated rings. The summed E-state index contributed by atoms with van der Waals surface area (Å²) in [4.78, 5) is 11.3. The molecule has 158 valence electrons. The molecule has 0 unspecified atom stereocenters. The van der Waals surface area contributed by atoms with Gasteiger partial charge in [-0.05, 0) is 56.2 Å². The monoisotopic (exact) mass is 501 g/mol. The van der Waals surface area contributed by atoms with Crippen molar-refractivity contribution in [3.05, 3.63) is 23.9 Å². The lowest BCUT2D eigenvalue weighted by Crippen LogP contribution is -2.48. The molecule has 2 N–H and O–H groups in total. The Bertz CT molecular complexity index is 600. The maximum absolute atomic E-state index is 5.77. The Balaban J connectivity index is 0.00000280. The first kappa shape index (κ1) is 23.2. The fourth-order valence-corrected chi connectivity index (χ4v) is 3.38. The summed E-state index contributed by atoms with van der Waals surface area (Å²) in [5, 5.41) is 7.01. The Hall–Kier alpha value is -1.09. The van der Waals surface area contributed by atoms with E-state index in [1.807, 2.05) is 25.4 Å². The number of nitrogens with zero attached hydrogens (tertiary/aromatic N) is 3. The van der Waals surface area contributed by atoms with Crippen molar-refractivity contribution in [2.24, 2.45) is 10.9 Å². The standard InChI is InChI=1S/C21H35N5O.HI/c1-3-4-11-26-12-8-19(9-13-26)25-21(22-2)24-15-18-7-10-23-20(14-18)27-16-17-5-6-17;/h7,10,14,17,19H,3-6,8-9,11-13,15-16H2,1-2H3,(H2,22,24,25);1H. The molecule has 0 radical (unpaired) electrons. The molecule has 28 heavy (non-hydrogen) atoms. The SMILES string of the molecule is CCCCN1CCC(NC(=NC)NCc2ccnc(OCC3CC3)c2)CC1.I. The zero-order valence-corrected chi connectivity index (χ0v) is 19.7. The van der Waals surface area contributed by atoms with Gasteiger partial charge in [0.25, 0.3) is 0 Å². The third kappa shape index (κ3) is 8.11. The summed E-state index contributed by atoms with van der Waals surface area (Å²) in [7, 11) is 1.84. The van der Waals surface area contributed by atoms with E-state index in [-0.39, 0.29) is 24.0 Å². The van der Waals surface area contributed by atoms with E-state index in [9.17, 15) is 0 Å². The molecule has 6 nitrogen and oxygen atoms in total. The van der Waals surface area contributed by atoms with Crippen LogP contribution in [0, 0.1) is 5.92 Å². The Morgan fingerprint density at radius 3 is 2.75 bits per heavy atom. The summed E-state index contributed by atoms with van der Waals surface area (Å²) >= 11 is 0. The van der Waals surface area contributed by atoms with Crippen LogP contribution in [0.2, 0.25) is 0 Å². The fraction of sp³-hybridized carbons (Fsp3) is 0.714. The van der Waals surface area contributed by atoms with E-state index in [0.29, 0.717) is 6.04 Å². The maximum atomic E-state index is 5.77. The minimum atomic E-state index is 0. The number of rotatable bonds is 9. The third-order valence-corrected chi connectivity index (χ3v) is 5.40. The van der Waals surface area contributed by atoms with Gasteiger partial charge in [0.1, 0.15) is 0 Å². The molecule has 0 aromatic carbocycles. The summed E-state index contributed by atoms with van der Waals surface area (Å²) in [5.41, 5.74) is 1.16. The Morgan fingerprint density at radius 2 is 2.07 bits per heavy atom. The molecule has 7 heteroatoms. The van der Waals surface area contributed by atoms with E-state index >= 15 is 0 Å². The van der Waals surface area contributed by atoms with E-state index in [1.54, 1.807) is 0 Å². The van der Waals surface area contributed by atoms with Gasteiger partial charge >= 0.3 is 0 Å². The molecule has 1 saturated carbocycles. The molecule has 0 bridgehead atoms. The van der Waals surface area contributed by atoms with Crippen molar-refractivity contribution in [1.82, 2.24) is 20.5 Å². The smallest absolute Gasteiger partial charge is 0.213 e. The first-order valence-electron chi connectivity index (χ1n) is 10.5. The van der Waals surface area contributed by atoms with E-state index in [1.165, 1.54) is 58.2 Å². The number of guanidine groups is 1. The summed E-state index contributed by atoms with van der Waals surface area (Å²) < 4.78 is 5.77. The maximum Gasteiger partial charge on any atom is 0.213 e. The van der Waals surface area contributed by atoms with Crippen molar-refractivity contribution < 1.29 is 4.74 Å². The Kier molecular flexibility index (Phi) is 10.3. The lowest BCUT2D eigenvalue weighted by atomic mass is 10.0. The number of aromatic nitrogens is 1. The molecule has 1 aromatic rings. The van der Waals surface area contributed by atoms with Crippen LogP contribution >= 0.6 is 24.0 Å². The summed E-state index contributed by atoms with van der Waals surface area (Å²) in [5.74, 6) is 2.34. The molecule has 1 aliphatic heterocycles. The molecule has 0 amide bonds. The Labute approximate surface area is 186 Å². The van der Waals surface area contributed by atoms with Crippen molar-refractivity contribution in [3.8, 4) is 5.88 Å². The molecule has 3 rings (SSSR count). The second-order valence-corrected chi connectivity index (χ2v) is 7.80. The third-order valence-electron chi connectivity index (χ3n) is 5.40. The predicted octanol–water partition coefficient (Wildman–Crippen LogP) is 3.42. The van der Waals surface area contributed by atoms with Crippen LogP contribution in [0.15, 0.2) is 23.3 Å². The predicted molar refractivity (Wildman–Crippen MR) is 126 cm³/mol. The van der Waals surface area contributed by atoms with Crippen LogP contribution < -0.4 is 15.4 Å². The molecule has 1 aliphatic carbocycles. The molecule has 0 spiro atoms. The normalized spacial score (nSPS) is 18.4. The highest BCUT2D eigenvalue weighted by Gasteiger charge is 2.22. The van der Waals surface area contributed by atoms with Gasteiger partial charge in [-0.25, -0.2) is 4.98 Å². The number of halogens is 1. The molecule has 0 atom stereocenters. The Morgan fingerprint density at radius 1 is 1.29 bits per heavy atom. The van der Waals surface area contributed by atoms with Crippen LogP contribution in [0.25, 0.3) is 0 Å². The highest BCUT2D eigenvalue weighted by atomic mass is 127. The number of aliphatic imine (C=N–C) groups is 1. The van der Waals surface area contributed by atoms with Gasteiger partial charge < -0.3 is 20.3 Å². The van der Waals surface area contributed by atoms with Crippen LogP contribution in [0.3, 0.4) is 0 Å². The van der Waals surface area contributed by atoms with E-state index in [0.717, 1.165) is 36.5 Å². The van der Waals surface area contributed by atoms with Gasteiger partial charge in [-0.15, -0.1) is 24.0 Å². The van der Waals surface area contributed by atoms with Crippen molar-refractivity contribution >= 4 is 29.9 Å². The van der Waals surface area contributed by atoms with Crippen LogP contribution in [0.5, 0.6) is 5.88 Å². The zero-order chi connectivity index (χ0) is 18.9. The van der Waals surface area contributed by atoms with Crippen LogP contribution in [-0.2, 0) is 6.54 Å². The molecule has 2 aliphatic rings. The summed E-state index contributed by atoms with van der Waals surface area (Å²) in [6.07, 6.45) is 9.34. The highest BCUT2D eigenvalue weighted by Crippen LogP contribution is 2.29. The van der Waals surface area contributed by atoms with Gasteiger partial charge in [-0.1, -0.05) is 13.3 Å². The first-order chi connectivity index (χ1) is 13.3. The van der Waals surface area contributed by atoms with E-state index < -0.39 is 0 Å². The average Bonchev–Trinajstić information content (AvgIpc) is 3.54. The van der Waals surface area contributed by atoms with Gasteiger partial charge in [-0.2, -0.15) is 0 Å². The number of nitrogens with one attached hydrogen (secondary N) is 2. The zero-order valence-electron chi connectivity index (χ0n) is 17.3. The molecular weight excluding hydrogens is 465 g/mol. The largest absolute Gasteiger partial charge is 0.477 e. The first-order valence-corrected chi connectivity index (χ1v) is 10.5. The second kappa shape index (κ2) is 12.5. The van der Waals surface area contributed by atoms with Crippen molar-refractivity contribution in [2.75, 3.05) is 33.3 Å². The number of hydrogen-bond donors (Lipinski definition) is 2. The minimum Gasteiger partial charge on any atom is -0.477 e. The van der Waals surface area contributed by atoms with Crippen molar-refractivity contribution in [1.29, 1.82) is 0 Å². The lowest BCUT2D eigenvalue weighted by Gasteiger charge is -2.33. The number of piperidine rings is 1. The summed E-state index contributed by atoms with van der Waals surface area (Å²) in [6, 6.07) is 4.55. The molecule has 1 aromatic heterocycles. The van der Waals surface area contributed by atoms with Gasteiger partial charge in [0.05, 0.1) is 6.61 Å². The second-order valence-electron chi connectivity index (χ2n) is 7.80. The summed E-state index contributed by atoms with van der Waals surface area (Å²) in [6.45, 7) is 7.38. The minimum absolute atomic E-state index is 0. The van der Waals surface area contributed by atoms with Crippen LogP contribution in [0.1, 0.15) is 51.0 Å². The van der Waals surface area contributed by atoms with Crippen molar-refractivity contribution in [2.45, 2.75) is 58.0 Å². The topological polar surface area (TPSA) is 61.8 Å².